The number of hydrogen-bond donors (Lipinski definition) is 1. The van der Waals surface area contributed by atoms with Gasteiger partial charge in [-0.2, -0.15) is 4.98 Å². The molecule has 1 amide bonds. The number of rotatable bonds is 5. The molecule has 1 N–H and O–H groups in total. The molecule has 1 atom stereocenters. The van der Waals surface area contributed by atoms with Gasteiger partial charge in [-0.25, -0.2) is 0 Å². The van der Waals surface area contributed by atoms with Crippen LogP contribution >= 0.6 is 0 Å². The van der Waals surface area contributed by atoms with Gasteiger partial charge in [-0.1, -0.05) is 35.0 Å². The third-order valence-corrected chi connectivity index (χ3v) is 4.94. The Morgan fingerprint density at radius 1 is 1.29 bits per heavy atom. The van der Waals surface area contributed by atoms with Crippen molar-refractivity contribution < 1.29 is 9.32 Å². The minimum Gasteiger partial charge on any atom is -0.338 e. The molecule has 0 bridgehead atoms. The maximum absolute atomic E-state index is 12.6. The summed E-state index contributed by atoms with van der Waals surface area (Å²) in [6, 6.07) is 11.7. The predicted molar refractivity (Wildman–Crippen MR) is 105 cm³/mol. The van der Waals surface area contributed by atoms with E-state index < -0.39 is 0 Å². The second-order valence-electron chi connectivity index (χ2n) is 7.18. The lowest BCUT2D eigenvalue weighted by Gasteiger charge is -2.30. The van der Waals surface area contributed by atoms with Crippen molar-refractivity contribution >= 4 is 11.6 Å². The Morgan fingerprint density at radius 3 is 2.93 bits per heavy atom. The predicted octanol–water partition coefficient (Wildman–Crippen LogP) is 3.29. The molecule has 1 aromatic carbocycles. The standard InChI is InChI=1S/C21H23N5O2/c1-15-6-8-16(9-7-15)20-24-19(28-25-20)14-26-11-3-4-17(13-26)21(27)23-18-5-2-10-22-12-18/h2,5-10,12,17H,3-4,11,13-14H2,1H3,(H,23,27). The van der Waals surface area contributed by atoms with Crippen LogP contribution in [0.5, 0.6) is 0 Å². The van der Waals surface area contributed by atoms with E-state index in [0.29, 0.717) is 24.8 Å². The van der Waals surface area contributed by atoms with E-state index in [1.807, 2.05) is 43.3 Å². The van der Waals surface area contributed by atoms with E-state index in [-0.39, 0.29) is 11.8 Å². The molecular formula is C21H23N5O2. The first kappa shape index (κ1) is 18.3. The fraction of sp³-hybridized carbons (Fsp3) is 0.333. The Bertz CT molecular complexity index is 923. The van der Waals surface area contributed by atoms with Crippen LogP contribution in [0.1, 0.15) is 24.3 Å². The number of aromatic nitrogens is 3. The van der Waals surface area contributed by atoms with Gasteiger partial charge < -0.3 is 9.84 Å². The third kappa shape index (κ3) is 4.43. The molecule has 1 fully saturated rings. The summed E-state index contributed by atoms with van der Waals surface area (Å²) >= 11 is 0. The number of nitrogens with one attached hydrogen (secondary N) is 1. The quantitative estimate of drug-likeness (QED) is 0.734. The summed E-state index contributed by atoms with van der Waals surface area (Å²) in [4.78, 5) is 23.3. The van der Waals surface area contributed by atoms with Gasteiger partial charge in [0.25, 0.3) is 0 Å². The number of carbonyl (C=O) groups is 1. The fourth-order valence-corrected chi connectivity index (χ4v) is 3.42. The van der Waals surface area contributed by atoms with Crippen molar-refractivity contribution in [3.05, 3.63) is 60.2 Å². The summed E-state index contributed by atoms with van der Waals surface area (Å²) in [7, 11) is 0. The summed E-state index contributed by atoms with van der Waals surface area (Å²) in [5, 5.41) is 7.04. The highest BCUT2D eigenvalue weighted by molar-refractivity contribution is 5.92. The number of likely N-dealkylation sites (tertiary alicyclic amines) is 1. The number of hydrogen-bond acceptors (Lipinski definition) is 6. The zero-order chi connectivity index (χ0) is 19.3. The molecule has 2 aromatic heterocycles. The minimum atomic E-state index is -0.0616. The minimum absolute atomic E-state index is 0.0311. The van der Waals surface area contributed by atoms with Gasteiger partial charge >= 0.3 is 0 Å². The van der Waals surface area contributed by atoms with E-state index >= 15 is 0 Å². The van der Waals surface area contributed by atoms with Gasteiger partial charge in [0.1, 0.15) is 0 Å². The monoisotopic (exact) mass is 377 g/mol. The molecule has 3 heterocycles. The first-order valence-corrected chi connectivity index (χ1v) is 9.50. The molecule has 144 valence electrons. The molecule has 0 saturated carbocycles. The average Bonchev–Trinajstić information content (AvgIpc) is 3.18. The van der Waals surface area contributed by atoms with Crippen LogP contribution in [0.25, 0.3) is 11.4 Å². The summed E-state index contributed by atoms with van der Waals surface area (Å²) in [5.74, 6) is 1.14. The van der Waals surface area contributed by atoms with Crippen LogP contribution in [0.2, 0.25) is 0 Å². The number of aryl methyl sites for hydroxylation is 1. The van der Waals surface area contributed by atoms with E-state index in [9.17, 15) is 4.79 Å². The van der Waals surface area contributed by atoms with Crippen LogP contribution in [0.3, 0.4) is 0 Å². The smallest absolute Gasteiger partial charge is 0.241 e. The largest absolute Gasteiger partial charge is 0.338 e. The zero-order valence-electron chi connectivity index (χ0n) is 15.8. The second-order valence-corrected chi connectivity index (χ2v) is 7.18. The van der Waals surface area contributed by atoms with Crippen molar-refractivity contribution in [2.45, 2.75) is 26.3 Å². The van der Waals surface area contributed by atoms with Crippen LogP contribution in [-0.4, -0.2) is 39.0 Å². The van der Waals surface area contributed by atoms with Gasteiger partial charge in [0.15, 0.2) is 0 Å². The summed E-state index contributed by atoms with van der Waals surface area (Å²) in [5.41, 5.74) is 2.86. The van der Waals surface area contributed by atoms with Crippen molar-refractivity contribution in [3.63, 3.8) is 0 Å². The molecule has 0 aliphatic carbocycles. The number of nitrogens with zero attached hydrogens (tertiary/aromatic N) is 4. The SMILES string of the molecule is Cc1ccc(-c2noc(CN3CCCC(C(=O)Nc4cccnc4)C3)n2)cc1. The Morgan fingerprint density at radius 2 is 2.14 bits per heavy atom. The lowest BCUT2D eigenvalue weighted by molar-refractivity contribution is -0.121. The molecule has 7 heteroatoms. The number of carbonyl (C=O) groups excluding carboxylic acids is 1. The maximum Gasteiger partial charge on any atom is 0.241 e. The Hall–Kier alpha value is -3.06. The normalized spacial score (nSPS) is 17.4. The summed E-state index contributed by atoms with van der Waals surface area (Å²) in [6.07, 6.45) is 5.18. The zero-order valence-corrected chi connectivity index (χ0v) is 15.8. The number of amides is 1. The number of piperidine rings is 1. The van der Waals surface area contributed by atoms with Crippen molar-refractivity contribution in [2.75, 3.05) is 18.4 Å². The van der Waals surface area contributed by atoms with Crippen LogP contribution in [0, 0.1) is 12.8 Å². The summed E-state index contributed by atoms with van der Waals surface area (Å²) in [6.45, 7) is 4.19. The van der Waals surface area contributed by atoms with Crippen LogP contribution < -0.4 is 5.32 Å². The van der Waals surface area contributed by atoms with Crippen molar-refractivity contribution in [2.24, 2.45) is 5.92 Å². The van der Waals surface area contributed by atoms with Gasteiger partial charge in [0, 0.05) is 18.3 Å². The Balaban J connectivity index is 1.36. The molecule has 7 nitrogen and oxygen atoms in total. The van der Waals surface area contributed by atoms with Crippen molar-refractivity contribution in [1.82, 2.24) is 20.0 Å². The van der Waals surface area contributed by atoms with Gasteiger partial charge in [-0.05, 0) is 38.4 Å². The van der Waals surface area contributed by atoms with Crippen LogP contribution in [0.15, 0.2) is 53.3 Å². The lowest BCUT2D eigenvalue weighted by Crippen LogP contribution is -2.40. The maximum atomic E-state index is 12.6. The highest BCUT2D eigenvalue weighted by atomic mass is 16.5. The van der Waals surface area contributed by atoms with E-state index in [4.69, 9.17) is 4.52 Å². The number of anilines is 1. The van der Waals surface area contributed by atoms with Crippen LogP contribution in [0.4, 0.5) is 5.69 Å². The molecular weight excluding hydrogens is 354 g/mol. The second kappa shape index (κ2) is 8.31. The van der Waals surface area contributed by atoms with Crippen molar-refractivity contribution in [3.8, 4) is 11.4 Å². The number of benzene rings is 1. The highest BCUT2D eigenvalue weighted by Gasteiger charge is 2.27. The van der Waals surface area contributed by atoms with Crippen LogP contribution in [-0.2, 0) is 11.3 Å². The third-order valence-electron chi connectivity index (χ3n) is 4.94. The molecule has 1 aliphatic heterocycles. The van der Waals surface area contributed by atoms with E-state index in [0.717, 1.165) is 30.6 Å². The van der Waals surface area contributed by atoms with Gasteiger partial charge in [-0.15, -0.1) is 0 Å². The molecule has 1 aliphatic rings. The lowest BCUT2D eigenvalue weighted by atomic mass is 9.97. The van der Waals surface area contributed by atoms with Crippen molar-refractivity contribution in [1.29, 1.82) is 0 Å². The molecule has 3 aromatic rings. The molecule has 1 saturated heterocycles. The Labute approximate surface area is 163 Å². The first-order chi connectivity index (χ1) is 13.7. The first-order valence-electron chi connectivity index (χ1n) is 9.50. The molecule has 1 unspecified atom stereocenters. The van der Waals surface area contributed by atoms with Gasteiger partial charge in [0.05, 0.1) is 24.3 Å². The van der Waals surface area contributed by atoms with E-state index in [1.54, 1.807) is 12.4 Å². The van der Waals surface area contributed by atoms with E-state index in [2.05, 4.69) is 25.3 Å². The molecule has 0 radical (unpaired) electrons. The number of pyridine rings is 1. The topological polar surface area (TPSA) is 84.2 Å². The summed E-state index contributed by atoms with van der Waals surface area (Å²) < 4.78 is 5.43. The van der Waals surface area contributed by atoms with Gasteiger partial charge in [0.2, 0.25) is 17.6 Å². The molecule has 0 spiro atoms. The fourth-order valence-electron chi connectivity index (χ4n) is 3.42. The highest BCUT2D eigenvalue weighted by Crippen LogP contribution is 2.21. The Kier molecular flexibility index (Phi) is 5.43. The average molecular weight is 377 g/mol. The molecule has 28 heavy (non-hydrogen) atoms. The van der Waals surface area contributed by atoms with Gasteiger partial charge in [-0.3, -0.25) is 14.7 Å². The molecule has 4 rings (SSSR count). The van der Waals surface area contributed by atoms with E-state index in [1.165, 1.54) is 5.56 Å².